The first-order valence-electron chi connectivity index (χ1n) is 10.5. The van der Waals surface area contributed by atoms with Gasteiger partial charge in [0.15, 0.2) is 5.54 Å². The summed E-state index contributed by atoms with van der Waals surface area (Å²) >= 11 is 0. The van der Waals surface area contributed by atoms with Crippen LogP contribution in [0, 0.1) is 0 Å². The first-order chi connectivity index (χ1) is 15.3. The van der Waals surface area contributed by atoms with E-state index in [2.05, 4.69) is 11.1 Å². The third-order valence-corrected chi connectivity index (χ3v) is 5.73. The van der Waals surface area contributed by atoms with E-state index < -0.39 is 11.1 Å². The Kier molecular flexibility index (Phi) is 4.60. The van der Waals surface area contributed by atoms with E-state index in [0.717, 1.165) is 22.3 Å². The largest absolute Gasteiger partial charge is 0.491 e. The predicted molar refractivity (Wildman–Crippen MR) is 121 cm³/mol. The van der Waals surface area contributed by atoms with Crippen LogP contribution < -0.4 is 15.2 Å². The van der Waals surface area contributed by atoms with Crippen LogP contribution in [0.2, 0.25) is 0 Å². The molecule has 1 aromatic heterocycles. The maximum absolute atomic E-state index is 10.1. The predicted octanol–water partition coefficient (Wildman–Crippen LogP) is 3.98. The molecule has 7 heteroatoms. The number of aromatic nitrogens is 1. The average Bonchev–Trinajstić information content (AvgIpc) is 3.07. The molecule has 1 spiro atoms. The number of nitrogens with zero attached hydrogens (tertiary/aromatic N) is 2. The smallest absolute Gasteiger partial charge is 0.283 e. The number of hydrogen-bond acceptors (Lipinski definition) is 7. The van der Waals surface area contributed by atoms with E-state index in [0.29, 0.717) is 17.2 Å². The number of pyridine rings is 1. The SMILES string of the molecule is C[C@H]1OC(N)=N[C@@]12c1cc(OCC(C)(C)O)ccc1Oc1ccc(-c3cccnc3)cc12. The molecule has 0 bridgehead atoms. The van der Waals surface area contributed by atoms with Gasteiger partial charge in [0.05, 0.1) is 5.60 Å². The summed E-state index contributed by atoms with van der Waals surface area (Å²) < 4.78 is 17.9. The molecule has 2 atom stereocenters. The van der Waals surface area contributed by atoms with Crippen LogP contribution in [0.1, 0.15) is 31.9 Å². The van der Waals surface area contributed by atoms with Gasteiger partial charge in [0.1, 0.15) is 30.0 Å². The van der Waals surface area contributed by atoms with Gasteiger partial charge in [-0.15, -0.1) is 0 Å². The number of aliphatic hydroxyl groups is 1. The van der Waals surface area contributed by atoms with Crippen molar-refractivity contribution in [3.8, 4) is 28.4 Å². The highest BCUT2D eigenvalue weighted by molar-refractivity contribution is 5.78. The van der Waals surface area contributed by atoms with Crippen molar-refractivity contribution in [2.75, 3.05) is 6.61 Å². The molecule has 3 N–H and O–H groups in total. The molecule has 164 valence electrons. The van der Waals surface area contributed by atoms with E-state index in [1.54, 1.807) is 20.0 Å². The molecule has 7 nitrogen and oxygen atoms in total. The number of aliphatic imine (C=N–C) groups is 1. The van der Waals surface area contributed by atoms with E-state index >= 15 is 0 Å². The van der Waals surface area contributed by atoms with Crippen LogP contribution in [0.5, 0.6) is 17.2 Å². The first-order valence-corrected chi connectivity index (χ1v) is 10.5. The fourth-order valence-corrected chi connectivity index (χ4v) is 4.26. The third-order valence-electron chi connectivity index (χ3n) is 5.73. The van der Waals surface area contributed by atoms with E-state index in [4.69, 9.17) is 24.9 Å². The Hall–Kier alpha value is -3.58. The Morgan fingerprint density at radius 1 is 1.09 bits per heavy atom. The van der Waals surface area contributed by atoms with Crippen molar-refractivity contribution in [3.05, 3.63) is 72.1 Å². The number of hydrogen-bond donors (Lipinski definition) is 2. The average molecular weight is 431 g/mol. The van der Waals surface area contributed by atoms with Crippen molar-refractivity contribution in [1.29, 1.82) is 0 Å². The maximum Gasteiger partial charge on any atom is 0.283 e. The maximum atomic E-state index is 10.1. The summed E-state index contributed by atoms with van der Waals surface area (Å²) in [6.45, 7) is 5.50. The molecular weight excluding hydrogens is 406 g/mol. The fraction of sp³-hybridized carbons (Fsp3) is 0.280. The second-order valence-corrected chi connectivity index (χ2v) is 8.79. The topological polar surface area (TPSA) is 99.2 Å². The molecule has 3 aromatic rings. The van der Waals surface area contributed by atoms with Crippen LogP contribution in [0.25, 0.3) is 11.1 Å². The summed E-state index contributed by atoms with van der Waals surface area (Å²) in [5.74, 6) is 1.97. The standard InChI is InChI=1S/C25H25N3O4/c1-15-25(28-23(26)31-15)19-11-16(17-5-4-10-27-13-17)6-8-21(19)32-22-9-7-18(12-20(22)25)30-14-24(2,3)29/h4-13,15,29H,14H2,1-3H3,(H2,26,28)/t15-,25+/m1/s1. The Morgan fingerprint density at radius 2 is 1.84 bits per heavy atom. The molecule has 0 unspecified atom stereocenters. The Balaban J connectivity index is 1.66. The van der Waals surface area contributed by atoms with Crippen molar-refractivity contribution >= 4 is 6.02 Å². The molecule has 5 rings (SSSR count). The summed E-state index contributed by atoms with van der Waals surface area (Å²) in [5, 5.41) is 10.1. The lowest BCUT2D eigenvalue weighted by atomic mass is 9.76. The van der Waals surface area contributed by atoms with E-state index in [9.17, 15) is 5.11 Å². The zero-order valence-electron chi connectivity index (χ0n) is 18.2. The first kappa shape index (κ1) is 20.3. The molecule has 0 saturated carbocycles. The van der Waals surface area contributed by atoms with Crippen molar-refractivity contribution in [3.63, 3.8) is 0 Å². The van der Waals surface area contributed by atoms with Gasteiger partial charge in [0, 0.05) is 29.1 Å². The second-order valence-electron chi connectivity index (χ2n) is 8.79. The van der Waals surface area contributed by atoms with Crippen LogP contribution in [0.4, 0.5) is 0 Å². The highest BCUT2D eigenvalue weighted by Gasteiger charge is 2.52. The minimum Gasteiger partial charge on any atom is -0.491 e. The molecule has 0 radical (unpaired) electrons. The summed E-state index contributed by atoms with van der Waals surface area (Å²) in [6.07, 6.45) is 3.20. The van der Waals surface area contributed by atoms with Gasteiger partial charge in [0.25, 0.3) is 6.02 Å². The zero-order chi connectivity index (χ0) is 22.5. The quantitative estimate of drug-likeness (QED) is 0.648. The van der Waals surface area contributed by atoms with Gasteiger partial charge in [-0.25, -0.2) is 4.99 Å². The second kappa shape index (κ2) is 7.24. The number of nitrogens with two attached hydrogens (primary N) is 1. The van der Waals surface area contributed by atoms with Gasteiger partial charge in [0.2, 0.25) is 0 Å². The van der Waals surface area contributed by atoms with Crippen molar-refractivity contribution in [2.45, 2.75) is 38.0 Å². The highest BCUT2D eigenvalue weighted by atomic mass is 16.5. The van der Waals surface area contributed by atoms with E-state index in [1.165, 1.54) is 0 Å². The van der Waals surface area contributed by atoms with Gasteiger partial charge in [-0.3, -0.25) is 4.98 Å². The molecule has 2 aliphatic heterocycles. The minimum atomic E-state index is -0.957. The van der Waals surface area contributed by atoms with Gasteiger partial charge in [-0.1, -0.05) is 12.1 Å². The van der Waals surface area contributed by atoms with E-state index in [-0.39, 0.29) is 18.7 Å². The summed E-state index contributed by atoms with van der Waals surface area (Å²) in [5.41, 5.74) is 7.85. The number of ether oxygens (including phenoxy) is 3. The van der Waals surface area contributed by atoms with Gasteiger partial charge in [-0.2, -0.15) is 0 Å². The van der Waals surface area contributed by atoms with Crippen LogP contribution in [-0.4, -0.2) is 34.4 Å². The fourth-order valence-electron chi connectivity index (χ4n) is 4.26. The van der Waals surface area contributed by atoms with Crippen LogP contribution in [-0.2, 0) is 10.3 Å². The summed E-state index contributed by atoms with van der Waals surface area (Å²) in [4.78, 5) is 9.04. The van der Waals surface area contributed by atoms with Crippen molar-refractivity contribution in [1.82, 2.24) is 4.98 Å². The van der Waals surface area contributed by atoms with Gasteiger partial charge in [-0.05, 0) is 62.7 Å². The van der Waals surface area contributed by atoms with Crippen molar-refractivity contribution < 1.29 is 19.3 Å². The minimum absolute atomic E-state index is 0.130. The molecule has 0 amide bonds. The number of amidine groups is 1. The van der Waals surface area contributed by atoms with Gasteiger partial charge >= 0.3 is 0 Å². The zero-order valence-corrected chi connectivity index (χ0v) is 18.2. The van der Waals surface area contributed by atoms with Crippen LogP contribution in [0.3, 0.4) is 0 Å². The Bertz CT molecular complexity index is 1200. The molecule has 0 aliphatic carbocycles. The molecule has 3 heterocycles. The lowest BCUT2D eigenvalue weighted by molar-refractivity contribution is 0.0284. The van der Waals surface area contributed by atoms with Gasteiger partial charge < -0.3 is 25.1 Å². The van der Waals surface area contributed by atoms with Crippen LogP contribution in [0.15, 0.2) is 65.9 Å². The Labute approximate surface area is 186 Å². The molecule has 2 aromatic carbocycles. The normalized spacial score (nSPS) is 21.2. The molecule has 2 aliphatic rings. The molecular formula is C25H25N3O4. The highest BCUT2D eigenvalue weighted by Crippen LogP contribution is 2.54. The lowest BCUT2D eigenvalue weighted by Crippen LogP contribution is -2.37. The number of fused-ring (bicyclic) bond motifs is 4. The van der Waals surface area contributed by atoms with E-state index in [1.807, 2.05) is 55.6 Å². The number of rotatable bonds is 4. The number of benzene rings is 2. The third kappa shape index (κ3) is 3.35. The van der Waals surface area contributed by atoms with Crippen LogP contribution >= 0.6 is 0 Å². The molecule has 32 heavy (non-hydrogen) atoms. The molecule has 0 fully saturated rings. The summed E-state index contributed by atoms with van der Waals surface area (Å²) in [6, 6.07) is 15.6. The monoisotopic (exact) mass is 431 g/mol. The van der Waals surface area contributed by atoms with Crippen molar-refractivity contribution in [2.24, 2.45) is 10.7 Å². The Morgan fingerprint density at radius 3 is 2.50 bits per heavy atom. The lowest BCUT2D eigenvalue weighted by Gasteiger charge is -2.37. The summed E-state index contributed by atoms with van der Waals surface area (Å²) in [7, 11) is 0. The molecule has 0 saturated heterocycles.